The van der Waals surface area contributed by atoms with Crippen molar-refractivity contribution in [1.82, 2.24) is 9.88 Å². The fraction of sp³-hybridized carbons (Fsp3) is 0.448. The molecule has 0 aliphatic carbocycles. The maximum atomic E-state index is 13.5. The molecule has 1 aliphatic heterocycles. The Labute approximate surface area is 231 Å². The lowest BCUT2D eigenvalue weighted by molar-refractivity contribution is -0.141. The summed E-state index contributed by atoms with van der Waals surface area (Å²) in [6, 6.07) is 7.28. The lowest BCUT2D eigenvalue weighted by Gasteiger charge is -2.41. The molecule has 1 unspecified atom stereocenters. The van der Waals surface area contributed by atoms with E-state index in [0.29, 0.717) is 68.7 Å². The number of aromatic nitrogens is 1. The zero-order valence-electron chi connectivity index (χ0n) is 22.4. The summed E-state index contributed by atoms with van der Waals surface area (Å²) in [4.78, 5) is 18.4. The van der Waals surface area contributed by atoms with Gasteiger partial charge in [-0.05, 0) is 73.5 Å². The zero-order valence-corrected chi connectivity index (χ0v) is 22.4. The van der Waals surface area contributed by atoms with Crippen molar-refractivity contribution < 1.29 is 32.9 Å². The van der Waals surface area contributed by atoms with Crippen LogP contribution in [0.1, 0.15) is 49.3 Å². The summed E-state index contributed by atoms with van der Waals surface area (Å²) in [7, 11) is 1.57. The summed E-state index contributed by atoms with van der Waals surface area (Å²) in [6.45, 7) is 2.43. The monoisotopic (exact) mass is 560 g/mol. The number of methoxy groups -OCH3 is 1. The molecule has 0 bridgehead atoms. The Morgan fingerprint density at radius 1 is 1.20 bits per heavy atom. The number of ether oxygens (including phenoxy) is 1. The third kappa shape index (κ3) is 6.83. The summed E-state index contributed by atoms with van der Waals surface area (Å²) >= 11 is 0. The topological polar surface area (TPSA) is 121 Å². The molecule has 1 aromatic heterocycles. The highest BCUT2D eigenvalue weighted by atomic mass is 19.2. The van der Waals surface area contributed by atoms with E-state index in [1.165, 1.54) is 0 Å². The third-order valence-corrected chi connectivity index (χ3v) is 7.88. The predicted molar refractivity (Wildman–Crippen MR) is 146 cm³/mol. The second-order valence-electron chi connectivity index (χ2n) is 10.4. The number of halogens is 3. The second kappa shape index (κ2) is 12.8. The Hall–Kier alpha value is -3.41. The van der Waals surface area contributed by atoms with Gasteiger partial charge in [-0.15, -0.1) is 0 Å². The number of rotatable bonds is 12. The number of nitrogens with zero attached hydrogens (tertiary/aromatic N) is 2. The fourth-order valence-corrected chi connectivity index (χ4v) is 5.61. The highest BCUT2D eigenvalue weighted by molar-refractivity contribution is 5.85. The van der Waals surface area contributed by atoms with Crippen LogP contribution in [0.2, 0.25) is 0 Å². The van der Waals surface area contributed by atoms with Crippen LogP contribution in [0.4, 0.5) is 18.9 Å². The third-order valence-electron chi connectivity index (χ3n) is 7.88. The zero-order chi connectivity index (χ0) is 28.9. The van der Waals surface area contributed by atoms with Crippen molar-refractivity contribution >= 4 is 22.6 Å². The number of carboxylic acids is 1. The number of fused-ring (bicyclic) bond motifs is 1. The van der Waals surface area contributed by atoms with Gasteiger partial charge in [0, 0.05) is 49.0 Å². The van der Waals surface area contributed by atoms with E-state index in [1.54, 1.807) is 19.4 Å². The van der Waals surface area contributed by atoms with Crippen molar-refractivity contribution in [2.45, 2.75) is 44.8 Å². The lowest BCUT2D eigenvalue weighted by atomic mass is 9.71. The number of nitrogens with two attached hydrogens (primary N) is 1. The molecule has 2 aromatic carbocycles. The molecular formula is C29H35F3N4O4. The molecule has 5 N–H and O–H groups in total. The molecular weight excluding hydrogens is 525 g/mol. The van der Waals surface area contributed by atoms with Crippen LogP contribution in [-0.4, -0.2) is 59.4 Å². The van der Waals surface area contributed by atoms with Crippen LogP contribution in [-0.2, 0) is 11.3 Å². The Morgan fingerprint density at radius 2 is 1.90 bits per heavy atom. The van der Waals surface area contributed by atoms with E-state index in [4.69, 9.17) is 10.5 Å². The van der Waals surface area contributed by atoms with E-state index in [1.807, 2.05) is 12.1 Å². The van der Waals surface area contributed by atoms with E-state index in [2.05, 4.69) is 15.2 Å². The lowest BCUT2D eigenvalue weighted by Crippen LogP contribution is -2.43. The number of aliphatic hydroxyl groups excluding tert-OH is 1. The summed E-state index contributed by atoms with van der Waals surface area (Å²) in [5.41, 5.74) is 7.76. The predicted octanol–water partition coefficient (Wildman–Crippen LogP) is 4.60. The maximum Gasteiger partial charge on any atom is 0.303 e. The molecule has 40 heavy (non-hydrogen) atoms. The van der Waals surface area contributed by atoms with Crippen molar-refractivity contribution in [3.05, 3.63) is 65.1 Å². The van der Waals surface area contributed by atoms with Crippen LogP contribution >= 0.6 is 0 Å². The molecule has 0 amide bonds. The highest BCUT2D eigenvalue weighted by Gasteiger charge is 2.37. The number of pyridine rings is 1. The maximum absolute atomic E-state index is 13.5. The normalized spacial score (nSPS) is 16.1. The van der Waals surface area contributed by atoms with E-state index >= 15 is 0 Å². The standard InChI is InChI=1S/C29H35F3N4O4/c1-40-20-2-3-24-21(14-20)27(18(16-33)17-35-24)25(37)4-5-29(15-26(38)39)6-9-36(10-7-29)11-8-34-19-12-22(30)28(32)23(31)13-19/h2-3,12-14,17,25,34,37H,4-11,15-16,33H2,1H3,(H,38,39). The minimum atomic E-state index is -1.50. The van der Waals surface area contributed by atoms with Crippen LogP contribution in [0, 0.1) is 22.9 Å². The molecule has 11 heteroatoms. The van der Waals surface area contributed by atoms with Crippen molar-refractivity contribution in [3.63, 3.8) is 0 Å². The van der Waals surface area contributed by atoms with Crippen LogP contribution < -0.4 is 15.8 Å². The van der Waals surface area contributed by atoms with Gasteiger partial charge in [-0.2, -0.15) is 0 Å². The molecule has 1 aliphatic rings. The number of piperidine rings is 1. The minimum absolute atomic E-state index is 0.00535. The molecule has 216 valence electrons. The van der Waals surface area contributed by atoms with E-state index in [0.717, 1.165) is 23.1 Å². The van der Waals surface area contributed by atoms with Crippen molar-refractivity contribution in [1.29, 1.82) is 0 Å². The van der Waals surface area contributed by atoms with Gasteiger partial charge in [-0.3, -0.25) is 9.78 Å². The number of carbonyl (C=O) groups is 1. The summed E-state index contributed by atoms with van der Waals surface area (Å²) in [5, 5.41) is 24.7. The Kier molecular flexibility index (Phi) is 9.49. The first-order chi connectivity index (χ1) is 19.1. The van der Waals surface area contributed by atoms with Crippen LogP contribution in [0.5, 0.6) is 5.75 Å². The van der Waals surface area contributed by atoms with E-state index < -0.39 is 34.9 Å². The summed E-state index contributed by atoms with van der Waals surface area (Å²) < 4.78 is 45.5. The molecule has 0 spiro atoms. The summed E-state index contributed by atoms with van der Waals surface area (Å²) in [5.74, 6) is -4.25. The first kappa shape index (κ1) is 29.6. The first-order valence-corrected chi connectivity index (χ1v) is 13.3. The molecule has 0 radical (unpaired) electrons. The quantitative estimate of drug-likeness (QED) is 0.237. The summed E-state index contributed by atoms with van der Waals surface area (Å²) in [6.07, 6.45) is 2.93. The minimum Gasteiger partial charge on any atom is -0.497 e. The molecule has 1 atom stereocenters. The Bertz CT molecular complexity index is 1320. The molecule has 8 nitrogen and oxygen atoms in total. The van der Waals surface area contributed by atoms with Gasteiger partial charge in [0.1, 0.15) is 5.75 Å². The van der Waals surface area contributed by atoms with Crippen molar-refractivity contribution in [2.24, 2.45) is 11.1 Å². The smallest absolute Gasteiger partial charge is 0.303 e. The number of aliphatic hydroxyl groups is 1. The van der Waals surface area contributed by atoms with Gasteiger partial charge < -0.3 is 30.9 Å². The molecule has 4 rings (SSSR count). The van der Waals surface area contributed by atoms with Gasteiger partial charge in [0.25, 0.3) is 0 Å². The van der Waals surface area contributed by atoms with Crippen LogP contribution in [0.25, 0.3) is 10.9 Å². The van der Waals surface area contributed by atoms with Gasteiger partial charge >= 0.3 is 5.97 Å². The second-order valence-corrected chi connectivity index (χ2v) is 10.4. The molecule has 2 heterocycles. The first-order valence-electron chi connectivity index (χ1n) is 13.3. The number of anilines is 1. The SMILES string of the molecule is COc1ccc2ncc(CN)c(C(O)CCC3(CC(=O)O)CCN(CCNc4cc(F)c(F)c(F)c4)CC3)c2c1. The number of nitrogens with one attached hydrogen (secondary N) is 1. The molecule has 1 fully saturated rings. The number of benzene rings is 2. The van der Waals surface area contributed by atoms with Gasteiger partial charge in [-0.25, -0.2) is 13.2 Å². The molecule has 0 saturated carbocycles. The van der Waals surface area contributed by atoms with Crippen molar-refractivity contribution in [2.75, 3.05) is 38.6 Å². The van der Waals surface area contributed by atoms with Gasteiger partial charge in [0.15, 0.2) is 17.5 Å². The van der Waals surface area contributed by atoms with E-state index in [-0.39, 0.29) is 18.7 Å². The van der Waals surface area contributed by atoms with E-state index in [9.17, 15) is 28.2 Å². The number of hydrogen-bond donors (Lipinski definition) is 4. The molecule has 3 aromatic rings. The number of aliphatic carboxylic acids is 1. The van der Waals surface area contributed by atoms with Crippen LogP contribution in [0.3, 0.4) is 0 Å². The van der Waals surface area contributed by atoms with Gasteiger partial charge in [0.2, 0.25) is 0 Å². The Balaban J connectivity index is 1.40. The molecule has 1 saturated heterocycles. The number of hydrogen-bond acceptors (Lipinski definition) is 7. The highest BCUT2D eigenvalue weighted by Crippen LogP contribution is 2.42. The largest absolute Gasteiger partial charge is 0.497 e. The van der Waals surface area contributed by atoms with Crippen LogP contribution in [0.15, 0.2) is 36.5 Å². The van der Waals surface area contributed by atoms with Crippen molar-refractivity contribution in [3.8, 4) is 5.75 Å². The average Bonchev–Trinajstić information content (AvgIpc) is 2.94. The van der Waals surface area contributed by atoms with Gasteiger partial charge in [-0.1, -0.05) is 0 Å². The Morgan fingerprint density at radius 3 is 2.52 bits per heavy atom. The fourth-order valence-electron chi connectivity index (χ4n) is 5.61. The number of carboxylic acid groups (broad SMARTS) is 1. The average molecular weight is 561 g/mol. The number of likely N-dealkylation sites (tertiary alicyclic amines) is 1. The van der Waals surface area contributed by atoms with Gasteiger partial charge in [0.05, 0.1) is 25.2 Å².